The summed E-state index contributed by atoms with van der Waals surface area (Å²) >= 11 is 0. The van der Waals surface area contributed by atoms with Crippen molar-refractivity contribution in [3.8, 4) is 0 Å². The summed E-state index contributed by atoms with van der Waals surface area (Å²) in [6.45, 7) is -0.830. The van der Waals surface area contributed by atoms with E-state index in [0.717, 1.165) is 0 Å². The quantitative estimate of drug-likeness (QED) is 0.315. The van der Waals surface area contributed by atoms with Crippen molar-refractivity contribution in [2.45, 2.75) is 12.2 Å². The Bertz CT molecular complexity index is 368. The number of rotatable bonds is 4. The fourth-order valence-corrected chi connectivity index (χ4v) is 1.41. The number of phosphoric acid groups is 1. The lowest BCUT2D eigenvalue weighted by Crippen LogP contribution is -2.31. The molecule has 9 nitrogen and oxygen atoms in total. The molecule has 1 unspecified atom stereocenters. The fourth-order valence-electron chi connectivity index (χ4n) is 1.01. The lowest BCUT2D eigenvalue weighted by atomic mass is 10.2. The second-order valence-electron chi connectivity index (χ2n) is 2.85. The van der Waals surface area contributed by atoms with E-state index in [4.69, 9.17) is 15.1 Å². The van der Waals surface area contributed by atoms with Gasteiger partial charge in [-0.3, -0.25) is 4.57 Å². The van der Waals surface area contributed by atoms with E-state index in [9.17, 15) is 19.4 Å². The van der Waals surface area contributed by atoms with Gasteiger partial charge in [-0.15, -0.1) is 0 Å². The van der Waals surface area contributed by atoms with Crippen LogP contribution in [0, 0.1) is 0 Å². The maximum Gasteiger partial charge on any atom is 0.378 e. The third kappa shape index (κ3) is 2.71. The summed E-state index contributed by atoms with van der Waals surface area (Å²) in [6.07, 6.45) is -3.26. The summed E-state index contributed by atoms with van der Waals surface area (Å²) in [4.78, 5) is 29.6. The molecule has 0 aromatic carbocycles. The van der Waals surface area contributed by atoms with Gasteiger partial charge in [0.05, 0.1) is 6.61 Å². The van der Waals surface area contributed by atoms with Crippen LogP contribution in [-0.2, 0) is 18.6 Å². The SMILES string of the molecule is O=C1O[C@H]([C@@H](O)CO)C(O)=C1OP(=O)([O-])O. The molecule has 4 N–H and O–H groups in total. The fraction of sp³-hybridized carbons (Fsp3) is 0.500. The van der Waals surface area contributed by atoms with E-state index in [1.54, 1.807) is 0 Å². The van der Waals surface area contributed by atoms with Gasteiger partial charge in [-0.05, 0) is 0 Å². The molecule has 1 heterocycles. The van der Waals surface area contributed by atoms with Gasteiger partial charge in [0.15, 0.2) is 11.9 Å². The van der Waals surface area contributed by atoms with Gasteiger partial charge in [-0.1, -0.05) is 0 Å². The van der Waals surface area contributed by atoms with Gasteiger partial charge in [-0.25, -0.2) is 4.79 Å². The molecule has 0 saturated carbocycles. The molecule has 10 heteroatoms. The van der Waals surface area contributed by atoms with Crippen molar-refractivity contribution in [1.82, 2.24) is 0 Å². The van der Waals surface area contributed by atoms with Crippen LogP contribution >= 0.6 is 7.82 Å². The highest BCUT2D eigenvalue weighted by atomic mass is 31.2. The van der Waals surface area contributed by atoms with E-state index < -0.39 is 44.1 Å². The number of aliphatic hydroxyl groups is 3. The van der Waals surface area contributed by atoms with E-state index in [0.29, 0.717) is 0 Å². The maximum absolute atomic E-state index is 11.0. The van der Waals surface area contributed by atoms with Gasteiger partial charge in [0, 0.05) is 0 Å². The Morgan fingerprint density at radius 2 is 2.19 bits per heavy atom. The number of ether oxygens (including phenoxy) is 1. The smallest absolute Gasteiger partial charge is 0.378 e. The largest absolute Gasteiger partial charge is 0.746 e. The molecule has 16 heavy (non-hydrogen) atoms. The highest BCUT2D eigenvalue weighted by Gasteiger charge is 2.41. The number of carbonyl (C=O) groups excluding carboxylic acids is 1. The monoisotopic (exact) mass is 255 g/mol. The summed E-state index contributed by atoms with van der Waals surface area (Å²) in [5.41, 5.74) is 0. The molecule has 0 aliphatic carbocycles. The van der Waals surface area contributed by atoms with Crippen LogP contribution in [0.4, 0.5) is 0 Å². The molecule has 92 valence electrons. The van der Waals surface area contributed by atoms with Crippen molar-refractivity contribution < 1.29 is 43.7 Å². The second-order valence-corrected chi connectivity index (χ2v) is 3.97. The van der Waals surface area contributed by atoms with Crippen LogP contribution in [0.5, 0.6) is 0 Å². The zero-order valence-corrected chi connectivity index (χ0v) is 8.53. The first-order valence-corrected chi connectivity index (χ1v) is 5.42. The van der Waals surface area contributed by atoms with Crippen molar-refractivity contribution in [3.63, 3.8) is 0 Å². The number of esters is 1. The minimum Gasteiger partial charge on any atom is -0.746 e. The first-order chi connectivity index (χ1) is 7.26. The van der Waals surface area contributed by atoms with Crippen molar-refractivity contribution in [3.05, 3.63) is 11.5 Å². The Hall–Kier alpha value is -1.12. The van der Waals surface area contributed by atoms with E-state index in [-0.39, 0.29) is 0 Å². The van der Waals surface area contributed by atoms with Crippen molar-refractivity contribution in [2.24, 2.45) is 0 Å². The van der Waals surface area contributed by atoms with Crippen molar-refractivity contribution in [2.75, 3.05) is 6.61 Å². The molecule has 1 aliphatic rings. The molecule has 0 aromatic rings. The average Bonchev–Trinajstić information content (AvgIpc) is 2.42. The van der Waals surface area contributed by atoms with Gasteiger partial charge < -0.3 is 34.4 Å². The molecule has 0 aromatic heterocycles. The van der Waals surface area contributed by atoms with Gasteiger partial charge in [0.1, 0.15) is 6.10 Å². The number of hydrogen-bond acceptors (Lipinski definition) is 8. The Balaban J connectivity index is 2.94. The van der Waals surface area contributed by atoms with Crippen LogP contribution in [0.1, 0.15) is 0 Å². The summed E-state index contributed by atoms with van der Waals surface area (Å²) in [7, 11) is -5.27. The Labute approximate surface area is 88.8 Å². The van der Waals surface area contributed by atoms with Gasteiger partial charge >= 0.3 is 13.8 Å². The molecular weight excluding hydrogens is 247 g/mol. The molecule has 0 radical (unpaired) electrons. The molecular formula is C6H8O9P-. The molecule has 0 bridgehead atoms. The third-order valence-electron chi connectivity index (χ3n) is 1.66. The second kappa shape index (κ2) is 4.40. The van der Waals surface area contributed by atoms with E-state index in [1.165, 1.54) is 0 Å². The molecule has 1 aliphatic heterocycles. The molecule has 0 fully saturated rings. The first-order valence-electron chi connectivity index (χ1n) is 3.92. The van der Waals surface area contributed by atoms with Gasteiger partial charge in [0.2, 0.25) is 0 Å². The standard InChI is InChI=1S/C6H9O9P/c7-1-2(8)4-3(9)5(6(10)14-4)15-16(11,12)13/h2,4,7-9H,1H2,(H2,11,12,13)/p-1/t2-,4+/m0/s1. The Kier molecular flexibility index (Phi) is 3.56. The molecule has 0 saturated heterocycles. The number of cyclic esters (lactones) is 1. The van der Waals surface area contributed by atoms with Crippen LogP contribution in [0.25, 0.3) is 0 Å². The van der Waals surface area contributed by atoms with Crippen LogP contribution in [0.3, 0.4) is 0 Å². The molecule has 0 spiro atoms. The summed E-state index contributed by atoms with van der Waals surface area (Å²) in [5.74, 6) is -3.53. The normalized spacial score (nSPS) is 26.2. The number of phosphoric ester groups is 1. The summed E-state index contributed by atoms with van der Waals surface area (Å²) in [5, 5.41) is 26.9. The highest BCUT2D eigenvalue weighted by Crippen LogP contribution is 2.38. The maximum atomic E-state index is 11.0. The summed E-state index contributed by atoms with van der Waals surface area (Å²) in [6, 6.07) is 0. The Morgan fingerprint density at radius 3 is 2.62 bits per heavy atom. The average molecular weight is 255 g/mol. The van der Waals surface area contributed by atoms with Crippen molar-refractivity contribution in [1.29, 1.82) is 0 Å². The minimum absolute atomic E-state index is 0.830. The lowest BCUT2D eigenvalue weighted by Gasteiger charge is -2.15. The molecule has 1 rings (SSSR count). The number of hydrogen-bond donors (Lipinski definition) is 4. The molecule has 0 amide bonds. The number of carbonyl (C=O) groups is 1. The minimum atomic E-state index is -5.27. The first kappa shape index (κ1) is 12.9. The predicted molar refractivity (Wildman–Crippen MR) is 43.5 cm³/mol. The van der Waals surface area contributed by atoms with E-state index in [1.807, 2.05) is 0 Å². The lowest BCUT2D eigenvalue weighted by molar-refractivity contribution is -0.217. The zero-order valence-electron chi connectivity index (χ0n) is 7.64. The summed E-state index contributed by atoms with van der Waals surface area (Å²) < 4.78 is 18.4. The van der Waals surface area contributed by atoms with Gasteiger partial charge in [-0.2, -0.15) is 0 Å². The van der Waals surface area contributed by atoms with Crippen LogP contribution in [-0.4, -0.2) is 45.0 Å². The third-order valence-corrected chi connectivity index (χ3v) is 2.08. The predicted octanol–water partition coefficient (Wildman–Crippen LogP) is -2.49. The van der Waals surface area contributed by atoms with Crippen LogP contribution < -0.4 is 4.89 Å². The highest BCUT2D eigenvalue weighted by molar-refractivity contribution is 7.44. The van der Waals surface area contributed by atoms with Crippen molar-refractivity contribution >= 4 is 13.8 Å². The number of aliphatic hydroxyl groups excluding tert-OH is 3. The Morgan fingerprint density at radius 1 is 1.62 bits per heavy atom. The molecule has 3 atom stereocenters. The van der Waals surface area contributed by atoms with Gasteiger partial charge in [0.25, 0.3) is 5.76 Å². The van der Waals surface area contributed by atoms with E-state index >= 15 is 0 Å². The zero-order chi connectivity index (χ0) is 12.5. The van der Waals surface area contributed by atoms with Crippen LogP contribution in [0.15, 0.2) is 11.5 Å². The topological polar surface area (TPSA) is 157 Å². The van der Waals surface area contributed by atoms with E-state index in [2.05, 4.69) is 9.26 Å². The van der Waals surface area contributed by atoms with Crippen LogP contribution in [0.2, 0.25) is 0 Å².